The molecule has 3 unspecified atom stereocenters. The van der Waals surface area contributed by atoms with Crippen LogP contribution in [0.15, 0.2) is 0 Å². The predicted molar refractivity (Wildman–Crippen MR) is 78.3 cm³/mol. The highest BCUT2D eigenvalue weighted by Crippen LogP contribution is 2.70. The van der Waals surface area contributed by atoms with E-state index in [-0.39, 0.29) is 0 Å². The molecule has 3 atom stereocenters. The second kappa shape index (κ2) is 3.76. The van der Waals surface area contributed by atoms with Crippen molar-refractivity contribution in [2.45, 2.75) is 77.7 Å². The Kier molecular flexibility index (Phi) is 2.50. The van der Waals surface area contributed by atoms with Crippen molar-refractivity contribution in [3.8, 4) is 0 Å². The lowest BCUT2D eigenvalue weighted by atomic mass is 9.39. The molecule has 5 rings (SSSR count). The van der Waals surface area contributed by atoms with E-state index in [1.54, 1.807) is 0 Å². The van der Waals surface area contributed by atoms with Crippen LogP contribution in [0.3, 0.4) is 0 Å². The Balaban J connectivity index is 1.65. The number of hydrogen-bond acceptors (Lipinski definition) is 2. The summed E-state index contributed by atoms with van der Waals surface area (Å²) < 4.78 is 0. The lowest BCUT2D eigenvalue weighted by Gasteiger charge is -2.67. The Morgan fingerprint density at radius 3 is 2.16 bits per heavy atom. The Hall–Kier alpha value is -0.0800. The summed E-state index contributed by atoms with van der Waals surface area (Å²) in [5, 5.41) is 0. The molecule has 4 bridgehead atoms. The normalized spacial score (nSPS) is 53.5. The Labute approximate surface area is 117 Å². The molecule has 0 aromatic rings. The molecule has 0 amide bonds. The highest BCUT2D eigenvalue weighted by molar-refractivity contribution is 5.13. The molecule has 0 aromatic carbocycles. The topological polar surface area (TPSA) is 38.0 Å². The highest BCUT2D eigenvalue weighted by atomic mass is 15.2. The molecule has 2 nitrogen and oxygen atoms in total. The quantitative estimate of drug-likeness (QED) is 0.600. The van der Waals surface area contributed by atoms with Gasteiger partial charge in [-0.05, 0) is 73.0 Å². The van der Waals surface area contributed by atoms with Gasteiger partial charge >= 0.3 is 0 Å². The van der Waals surface area contributed by atoms with E-state index in [9.17, 15) is 0 Å². The molecule has 0 heterocycles. The van der Waals surface area contributed by atoms with Crippen molar-refractivity contribution in [3.05, 3.63) is 0 Å². The number of nitrogens with two attached hydrogens (primary N) is 1. The first-order valence-corrected chi connectivity index (χ1v) is 8.41. The van der Waals surface area contributed by atoms with Gasteiger partial charge in [0.25, 0.3) is 0 Å². The molecular formula is C17H30N2. The molecule has 5 saturated carbocycles. The zero-order chi connectivity index (χ0) is 13.3. The number of hydrogen-bond donors (Lipinski definition) is 2. The van der Waals surface area contributed by atoms with Crippen LogP contribution in [0.4, 0.5) is 0 Å². The maximum absolute atomic E-state index is 6.01. The van der Waals surface area contributed by atoms with Gasteiger partial charge in [0.1, 0.15) is 0 Å². The Bertz CT molecular complexity index is 369. The third-order valence-corrected chi connectivity index (χ3v) is 6.88. The lowest BCUT2D eigenvalue weighted by molar-refractivity contribution is -0.159. The van der Waals surface area contributed by atoms with Crippen molar-refractivity contribution < 1.29 is 0 Å². The van der Waals surface area contributed by atoms with Crippen LogP contribution in [0.5, 0.6) is 0 Å². The van der Waals surface area contributed by atoms with Crippen molar-refractivity contribution in [2.75, 3.05) is 0 Å². The van der Waals surface area contributed by atoms with Crippen molar-refractivity contribution >= 4 is 0 Å². The van der Waals surface area contributed by atoms with Gasteiger partial charge in [-0.2, -0.15) is 0 Å². The molecule has 5 aliphatic carbocycles. The van der Waals surface area contributed by atoms with Gasteiger partial charge in [-0.3, -0.25) is 11.3 Å². The van der Waals surface area contributed by atoms with Crippen LogP contribution in [0, 0.1) is 28.1 Å². The highest BCUT2D eigenvalue weighted by Gasteiger charge is 2.62. The van der Waals surface area contributed by atoms with E-state index in [2.05, 4.69) is 19.3 Å². The Morgan fingerprint density at radius 1 is 1.05 bits per heavy atom. The van der Waals surface area contributed by atoms with Gasteiger partial charge in [0.15, 0.2) is 0 Å². The summed E-state index contributed by atoms with van der Waals surface area (Å²) in [7, 11) is 0. The van der Waals surface area contributed by atoms with Crippen molar-refractivity contribution in [1.29, 1.82) is 0 Å². The van der Waals surface area contributed by atoms with Crippen LogP contribution in [-0.2, 0) is 0 Å². The minimum Gasteiger partial charge on any atom is -0.271 e. The molecule has 0 spiro atoms. The smallest absolute Gasteiger partial charge is 0.0270 e. The molecular weight excluding hydrogens is 232 g/mol. The first kappa shape index (κ1) is 12.6. The zero-order valence-corrected chi connectivity index (χ0v) is 12.7. The van der Waals surface area contributed by atoms with Gasteiger partial charge in [0, 0.05) is 6.04 Å². The average Bonchev–Trinajstić information content (AvgIpc) is 3.03. The van der Waals surface area contributed by atoms with Crippen LogP contribution in [0.25, 0.3) is 0 Å². The molecule has 3 N–H and O–H groups in total. The zero-order valence-electron chi connectivity index (χ0n) is 12.7. The summed E-state index contributed by atoms with van der Waals surface area (Å²) in [6, 6.07) is 0.585. The van der Waals surface area contributed by atoms with E-state index in [0.717, 1.165) is 11.8 Å². The number of rotatable bonds is 4. The predicted octanol–water partition coefficient (Wildman–Crippen LogP) is 3.62. The summed E-state index contributed by atoms with van der Waals surface area (Å²) in [5.41, 5.74) is 5.03. The van der Waals surface area contributed by atoms with Crippen LogP contribution < -0.4 is 11.3 Å². The molecule has 0 aromatic heterocycles. The minimum atomic E-state index is 0.528. The van der Waals surface area contributed by atoms with Crippen LogP contribution >= 0.6 is 0 Å². The molecule has 108 valence electrons. The third-order valence-electron chi connectivity index (χ3n) is 6.88. The summed E-state index contributed by atoms with van der Waals surface area (Å²) in [6.07, 6.45) is 13.0. The van der Waals surface area contributed by atoms with Gasteiger partial charge in [-0.1, -0.05) is 26.7 Å². The Morgan fingerprint density at radius 2 is 1.68 bits per heavy atom. The summed E-state index contributed by atoms with van der Waals surface area (Å²) in [4.78, 5) is 0. The molecule has 19 heavy (non-hydrogen) atoms. The summed E-state index contributed by atoms with van der Waals surface area (Å²) in [6.45, 7) is 5.13. The third kappa shape index (κ3) is 1.98. The van der Waals surface area contributed by atoms with E-state index < -0.39 is 0 Å². The van der Waals surface area contributed by atoms with E-state index >= 15 is 0 Å². The molecule has 2 heteroatoms. The second-order valence-electron chi connectivity index (χ2n) is 9.39. The van der Waals surface area contributed by atoms with E-state index in [1.807, 2.05) is 0 Å². The number of hydrazine groups is 1. The van der Waals surface area contributed by atoms with E-state index in [4.69, 9.17) is 5.84 Å². The van der Waals surface area contributed by atoms with E-state index in [1.165, 1.54) is 57.8 Å². The number of nitrogens with one attached hydrogen (secondary N) is 1. The average molecular weight is 262 g/mol. The second-order valence-corrected chi connectivity index (χ2v) is 9.39. The molecule has 0 radical (unpaired) electrons. The standard InChI is InChI=1S/C17H30N2/c1-15-6-13-7-16(2,9-15)11-17(8-13,10-15)14(19-18)5-12-3-4-12/h12-14,19H,3-11,18H2,1-2H3. The maximum Gasteiger partial charge on any atom is 0.0270 e. The summed E-state index contributed by atoms with van der Waals surface area (Å²) in [5.74, 6) is 7.98. The van der Waals surface area contributed by atoms with Gasteiger partial charge < -0.3 is 0 Å². The maximum atomic E-state index is 6.01. The van der Waals surface area contributed by atoms with Crippen LogP contribution in [0.2, 0.25) is 0 Å². The van der Waals surface area contributed by atoms with Gasteiger partial charge in [-0.25, -0.2) is 0 Å². The molecule has 5 fully saturated rings. The molecule has 0 saturated heterocycles. The SMILES string of the molecule is CC12CC3CC(C)(C1)CC(C(CC1CC1)NN)(C3)C2. The van der Waals surface area contributed by atoms with Crippen molar-refractivity contribution in [1.82, 2.24) is 5.43 Å². The minimum absolute atomic E-state index is 0.528. The van der Waals surface area contributed by atoms with Gasteiger partial charge in [0.2, 0.25) is 0 Å². The van der Waals surface area contributed by atoms with Gasteiger partial charge in [-0.15, -0.1) is 0 Å². The molecule has 5 aliphatic rings. The molecule has 0 aliphatic heterocycles. The fraction of sp³-hybridized carbons (Fsp3) is 1.00. The monoisotopic (exact) mass is 262 g/mol. The first-order chi connectivity index (χ1) is 8.94. The largest absolute Gasteiger partial charge is 0.271 e. The lowest BCUT2D eigenvalue weighted by Crippen LogP contribution is -2.62. The fourth-order valence-electron chi connectivity index (χ4n) is 7.11. The van der Waals surface area contributed by atoms with Crippen molar-refractivity contribution in [3.63, 3.8) is 0 Å². The van der Waals surface area contributed by atoms with Crippen molar-refractivity contribution in [2.24, 2.45) is 33.9 Å². The summed E-state index contributed by atoms with van der Waals surface area (Å²) >= 11 is 0. The fourth-order valence-corrected chi connectivity index (χ4v) is 7.11. The van der Waals surface area contributed by atoms with Crippen LogP contribution in [0.1, 0.15) is 71.6 Å². The van der Waals surface area contributed by atoms with Gasteiger partial charge in [0.05, 0.1) is 0 Å². The van der Waals surface area contributed by atoms with E-state index in [0.29, 0.717) is 22.3 Å². The first-order valence-electron chi connectivity index (χ1n) is 8.41. The van der Waals surface area contributed by atoms with Crippen LogP contribution in [-0.4, -0.2) is 6.04 Å².